The lowest BCUT2D eigenvalue weighted by Gasteiger charge is -2.22. The quantitative estimate of drug-likeness (QED) is 0.777. The maximum atomic E-state index is 12.6. The van der Waals surface area contributed by atoms with Crippen LogP contribution in [-0.4, -0.2) is 30.8 Å². The zero-order chi connectivity index (χ0) is 16.3. The molecule has 0 saturated carbocycles. The number of rotatable bonds is 5. The molecule has 118 valence electrons. The molecule has 0 heterocycles. The van der Waals surface area contributed by atoms with E-state index in [0.29, 0.717) is 0 Å². The predicted molar refractivity (Wildman–Crippen MR) is 57.0 cm³/mol. The number of Topliss-reactive ketones (excluding diaryl/α,β-unsaturated/α-hetero) is 1. The molecule has 21 heavy (non-hydrogen) atoms. The van der Waals surface area contributed by atoms with Gasteiger partial charge in [0.25, 0.3) is 0 Å². The fourth-order valence-corrected chi connectivity index (χ4v) is 1.43. The van der Waals surface area contributed by atoms with Gasteiger partial charge in [-0.1, -0.05) is 12.1 Å². The van der Waals surface area contributed by atoms with Crippen LogP contribution in [0.5, 0.6) is 0 Å². The van der Waals surface area contributed by atoms with Crippen LogP contribution in [0, 0.1) is 5.82 Å². The molecule has 0 spiro atoms. The standard InChI is InChI=1S/C12H9F7O2/c13-8-3-1-7(2-4-8)5-9(20)6-21-10(11(14,15)16)12(17,18)19/h1-4,10H,5-6H2. The van der Waals surface area contributed by atoms with Crippen molar-refractivity contribution in [3.63, 3.8) is 0 Å². The summed E-state index contributed by atoms with van der Waals surface area (Å²) in [5.41, 5.74) is 0.251. The molecule has 0 bridgehead atoms. The van der Waals surface area contributed by atoms with Crippen LogP contribution < -0.4 is 0 Å². The fourth-order valence-electron chi connectivity index (χ4n) is 1.43. The Kier molecular flexibility index (Phi) is 5.32. The summed E-state index contributed by atoms with van der Waals surface area (Å²) in [5.74, 6) is -1.57. The van der Waals surface area contributed by atoms with Gasteiger partial charge in [0.05, 0.1) is 0 Å². The number of benzene rings is 1. The van der Waals surface area contributed by atoms with E-state index in [-0.39, 0.29) is 5.56 Å². The van der Waals surface area contributed by atoms with Crippen LogP contribution in [0.4, 0.5) is 30.7 Å². The highest BCUT2D eigenvalue weighted by Gasteiger charge is 2.58. The van der Waals surface area contributed by atoms with Gasteiger partial charge in [-0.05, 0) is 17.7 Å². The summed E-state index contributed by atoms with van der Waals surface area (Å²) in [6.07, 6.45) is -15.8. The van der Waals surface area contributed by atoms with Gasteiger partial charge in [-0.2, -0.15) is 26.3 Å². The molecule has 1 aromatic rings. The van der Waals surface area contributed by atoms with E-state index in [1.165, 1.54) is 12.1 Å². The Morgan fingerprint density at radius 1 is 1.00 bits per heavy atom. The molecule has 0 N–H and O–H groups in total. The van der Waals surface area contributed by atoms with Gasteiger partial charge >= 0.3 is 12.4 Å². The molecule has 9 heteroatoms. The second-order valence-corrected chi connectivity index (χ2v) is 4.12. The highest BCUT2D eigenvalue weighted by atomic mass is 19.4. The Labute approximate surface area is 114 Å². The van der Waals surface area contributed by atoms with Crippen molar-refractivity contribution >= 4 is 5.78 Å². The largest absolute Gasteiger partial charge is 0.423 e. The second kappa shape index (κ2) is 6.42. The lowest BCUT2D eigenvalue weighted by atomic mass is 10.1. The van der Waals surface area contributed by atoms with Crippen LogP contribution in [0.25, 0.3) is 0 Å². The van der Waals surface area contributed by atoms with Gasteiger partial charge in [-0.15, -0.1) is 0 Å². The molecule has 0 saturated heterocycles. The van der Waals surface area contributed by atoms with Gasteiger partial charge in [0.2, 0.25) is 6.10 Å². The van der Waals surface area contributed by atoms with Crippen molar-refractivity contribution in [3.05, 3.63) is 35.6 Å². The molecule has 1 aromatic carbocycles. The van der Waals surface area contributed by atoms with Gasteiger partial charge < -0.3 is 4.74 Å². The summed E-state index contributed by atoms with van der Waals surface area (Å²) in [6, 6.07) is 4.41. The van der Waals surface area contributed by atoms with Gasteiger partial charge in [0, 0.05) is 6.42 Å². The van der Waals surface area contributed by atoms with Crippen molar-refractivity contribution < 1.29 is 40.3 Å². The first-order valence-electron chi connectivity index (χ1n) is 5.51. The molecule has 0 amide bonds. The third-order valence-corrected chi connectivity index (χ3v) is 2.32. The van der Waals surface area contributed by atoms with E-state index in [1.807, 2.05) is 0 Å². The number of hydrogen-bond acceptors (Lipinski definition) is 2. The van der Waals surface area contributed by atoms with Crippen molar-refractivity contribution in [2.45, 2.75) is 24.9 Å². The van der Waals surface area contributed by atoms with Crippen LogP contribution in [0.15, 0.2) is 24.3 Å². The van der Waals surface area contributed by atoms with Crippen LogP contribution in [0.3, 0.4) is 0 Å². The lowest BCUT2D eigenvalue weighted by molar-refractivity contribution is -0.319. The summed E-state index contributed by atoms with van der Waals surface area (Å²) < 4.78 is 89.1. The van der Waals surface area contributed by atoms with E-state index in [0.717, 1.165) is 12.1 Å². The molecule has 0 aliphatic carbocycles. The molecular formula is C12H9F7O2. The number of carbonyl (C=O) groups excluding carboxylic acids is 1. The van der Waals surface area contributed by atoms with Crippen LogP contribution in [0.2, 0.25) is 0 Å². The zero-order valence-corrected chi connectivity index (χ0v) is 10.3. The van der Waals surface area contributed by atoms with Crippen LogP contribution >= 0.6 is 0 Å². The molecule has 2 nitrogen and oxygen atoms in total. The molecule has 0 fully saturated rings. The van der Waals surface area contributed by atoms with E-state index in [9.17, 15) is 35.5 Å². The Morgan fingerprint density at radius 2 is 1.48 bits per heavy atom. The summed E-state index contributed by atoms with van der Waals surface area (Å²) in [6.45, 7) is -1.35. The number of halogens is 7. The van der Waals surface area contributed by atoms with Gasteiger partial charge in [0.1, 0.15) is 12.4 Å². The summed E-state index contributed by atoms with van der Waals surface area (Å²) in [4.78, 5) is 11.3. The Morgan fingerprint density at radius 3 is 1.90 bits per heavy atom. The van der Waals surface area contributed by atoms with Crippen molar-refractivity contribution in [3.8, 4) is 0 Å². The van der Waals surface area contributed by atoms with Gasteiger partial charge in [0.15, 0.2) is 5.78 Å². The lowest BCUT2D eigenvalue weighted by Crippen LogP contribution is -2.45. The Hall–Kier alpha value is -1.64. The third kappa shape index (κ3) is 5.70. The molecule has 0 aliphatic rings. The maximum absolute atomic E-state index is 12.6. The fraction of sp³-hybridized carbons (Fsp3) is 0.417. The first-order chi connectivity index (χ1) is 9.50. The predicted octanol–water partition coefficient (Wildman–Crippen LogP) is 3.45. The molecule has 0 unspecified atom stereocenters. The average Bonchev–Trinajstić information content (AvgIpc) is 2.28. The van der Waals surface area contributed by atoms with E-state index in [2.05, 4.69) is 4.74 Å². The van der Waals surface area contributed by atoms with Crippen molar-refractivity contribution in [1.82, 2.24) is 0 Å². The summed E-state index contributed by atoms with van der Waals surface area (Å²) in [5, 5.41) is 0. The average molecular weight is 318 g/mol. The third-order valence-electron chi connectivity index (χ3n) is 2.32. The molecule has 0 atom stereocenters. The van der Waals surface area contributed by atoms with Gasteiger partial charge in [-0.3, -0.25) is 4.79 Å². The second-order valence-electron chi connectivity index (χ2n) is 4.12. The van der Waals surface area contributed by atoms with Crippen molar-refractivity contribution in [2.75, 3.05) is 6.61 Å². The molecular weight excluding hydrogens is 309 g/mol. The van der Waals surface area contributed by atoms with Gasteiger partial charge in [-0.25, -0.2) is 4.39 Å². The SMILES string of the molecule is O=C(COC(C(F)(F)F)C(F)(F)F)Cc1ccc(F)cc1. The summed E-state index contributed by atoms with van der Waals surface area (Å²) >= 11 is 0. The molecule has 0 radical (unpaired) electrons. The minimum atomic E-state index is -5.66. The smallest absolute Gasteiger partial charge is 0.353 e. The van der Waals surface area contributed by atoms with Crippen LogP contribution in [0.1, 0.15) is 5.56 Å². The number of carbonyl (C=O) groups is 1. The number of alkyl halides is 6. The Bertz CT molecular complexity index is 462. The Balaban J connectivity index is 2.60. The molecule has 0 aliphatic heterocycles. The van der Waals surface area contributed by atoms with Crippen LogP contribution in [-0.2, 0) is 16.0 Å². The van der Waals surface area contributed by atoms with Crippen molar-refractivity contribution in [1.29, 1.82) is 0 Å². The van der Waals surface area contributed by atoms with Crippen molar-refractivity contribution in [2.24, 2.45) is 0 Å². The van der Waals surface area contributed by atoms with E-state index < -0.39 is 43.1 Å². The first-order valence-corrected chi connectivity index (χ1v) is 5.51. The monoisotopic (exact) mass is 318 g/mol. The zero-order valence-electron chi connectivity index (χ0n) is 10.3. The van der Waals surface area contributed by atoms with E-state index in [1.54, 1.807) is 0 Å². The minimum absolute atomic E-state index is 0.251. The number of ether oxygens (including phenoxy) is 1. The minimum Gasteiger partial charge on any atom is -0.353 e. The number of ketones is 1. The molecule has 0 aromatic heterocycles. The number of hydrogen-bond donors (Lipinski definition) is 0. The first kappa shape index (κ1) is 17.4. The highest BCUT2D eigenvalue weighted by Crippen LogP contribution is 2.35. The normalized spacial score (nSPS) is 12.8. The molecule has 1 rings (SSSR count). The van der Waals surface area contributed by atoms with E-state index in [4.69, 9.17) is 0 Å². The summed E-state index contributed by atoms with van der Waals surface area (Å²) in [7, 11) is 0. The topological polar surface area (TPSA) is 26.3 Å². The maximum Gasteiger partial charge on any atom is 0.423 e. The van der Waals surface area contributed by atoms with E-state index >= 15 is 0 Å². The highest BCUT2D eigenvalue weighted by molar-refractivity contribution is 5.82.